The first kappa shape index (κ1) is 7.91. The summed E-state index contributed by atoms with van der Waals surface area (Å²) in [5, 5.41) is 20.3. The van der Waals surface area contributed by atoms with E-state index in [4.69, 9.17) is 10.2 Å². The minimum absolute atomic E-state index is 0.203. The lowest BCUT2D eigenvalue weighted by Crippen LogP contribution is -2.49. The van der Waals surface area contributed by atoms with E-state index in [1.807, 2.05) is 0 Å². The molecule has 0 bridgehead atoms. The summed E-state index contributed by atoms with van der Waals surface area (Å²) in [5.41, 5.74) is 0. The summed E-state index contributed by atoms with van der Waals surface area (Å²) in [5.74, 6) is -0.441. The number of halogens is 1. The van der Waals surface area contributed by atoms with E-state index in [9.17, 15) is 4.39 Å². The molecule has 1 fully saturated rings. The summed E-state index contributed by atoms with van der Waals surface area (Å²) in [6.45, 7) is 0.539. The Morgan fingerprint density at radius 3 is 2.70 bits per heavy atom. The highest BCUT2D eigenvalue weighted by molar-refractivity contribution is 4.83. The Morgan fingerprint density at radius 1 is 1.50 bits per heavy atom. The molecule has 0 aromatic heterocycles. The molecule has 3 nitrogen and oxygen atoms in total. The van der Waals surface area contributed by atoms with E-state index in [2.05, 4.69) is 5.32 Å². The van der Waals surface area contributed by atoms with Crippen molar-refractivity contribution >= 4 is 0 Å². The Labute approximate surface area is 58.9 Å². The summed E-state index contributed by atoms with van der Waals surface area (Å²) in [4.78, 5) is 0. The number of hydrogen-bond donors (Lipinski definition) is 3. The van der Waals surface area contributed by atoms with Gasteiger partial charge in [0.05, 0.1) is 6.10 Å². The number of rotatable bonds is 1. The van der Waals surface area contributed by atoms with Crippen LogP contribution in [0.2, 0.25) is 0 Å². The zero-order valence-corrected chi connectivity index (χ0v) is 5.63. The monoisotopic (exact) mass is 149 g/mol. The molecule has 0 aromatic carbocycles. The van der Waals surface area contributed by atoms with Crippen LogP contribution in [0, 0.1) is 5.92 Å². The van der Waals surface area contributed by atoms with Crippen LogP contribution in [0.4, 0.5) is 4.39 Å². The minimum Gasteiger partial charge on any atom is -0.396 e. The highest BCUT2D eigenvalue weighted by Gasteiger charge is 2.31. The van der Waals surface area contributed by atoms with Crippen LogP contribution in [0.3, 0.4) is 0 Å². The Balaban J connectivity index is 2.42. The molecule has 4 heteroatoms. The molecule has 1 aliphatic rings. The van der Waals surface area contributed by atoms with Crippen molar-refractivity contribution in [2.24, 2.45) is 5.92 Å². The predicted molar refractivity (Wildman–Crippen MR) is 34.3 cm³/mol. The van der Waals surface area contributed by atoms with Crippen molar-refractivity contribution in [1.29, 1.82) is 0 Å². The van der Waals surface area contributed by atoms with Crippen molar-refractivity contribution in [3.8, 4) is 0 Å². The molecular formula is C6H12FNO2. The third kappa shape index (κ3) is 1.45. The van der Waals surface area contributed by atoms with Gasteiger partial charge in [-0.05, 0) is 0 Å². The molecule has 0 aromatic rings. The van der Waals surface area contributed by atoms with Gasteiger partial charge < -0.3 is 15.5 Å². The Kier molecular flexibility index (Phi) is 2.59. The van der Waals surface area contributed by atoms with E-state index in [0.29, 0.717) is 6.54 Å². The molecule has 0 saturated carbocycles. The van der Waals surface area contributed by atoms with E-state index in [1.165, 1.54) is 0 Å². The Morgan fingerprint density at radius 2 is 2.20 bits per heavy atom. The molecule has 0 aliphatic carbocycles. The van der Waals surface area contributed by atoms with Gasteiger partial charge in [-0.25, -0.2) is 4.39 Å². The highest BCUT2D eigenvalue weighted by atomic mass is 19.1. The molecule has 1 aliphatic heterocycles. The standard InChI is InChI=1S/C6H12FNO2/c7-6-4(3-9)1-8-2-5(6)10/h4-6,8-10H,1-3H2. The zero-order chi connectivity index (χ0) is 7.56. The highest BCUT2D eigenvalue weighted by Crippen LogP contribution is 2.14. The number of hydrogen-bond acceptors (Lipinski definition) is 3. The average Bonchev–Trinajstić information content (AvgIpc) is 1.95. The average molecular weight is 149 g/mol. The molecule has 1 saturated heterocycles. The fourth-order valence-electron chi connectivity index (χ4n) is 1.12. The van der Waals surface area contributed by atoms with Crippen LogP contribution in [-0.4, -0.2) is 42.2 Å². The van der Waals surface area contributed by atoms with Crippen LogP contribution < -0.4 is 5.32 Å². The summed E-state index contributed by atoms with van der Waals surface area (Å²) in [6, 6.07) is 0. The van der Waals surface area contributed by atoms with Crippen LogP contribution in [0.25, 0.3) is 0 Å². The SMILES string of the molecule is OCC1CNCC(O)C1F. The molecular weight excluding hydrogens is 137 g/mol. The molecule has 0 radical (unpaired) electrons. The third-order valence-electron chi connectivity index (χ3n) is 1.81. The van der Waals surface area contributed by atoms with Gasteiger partial charge in [0.2, 0.25) is 0 Å². The fraction of sp³-hybridized carbons (Fsp3) is 1.00. The van der Waals surface area contributed by atoms with Crippen molar-refractivity contribution in [3.63, 3.8) is 0 Å². The molecule has 3 N–H and O–H groups in total. The van der Waals surface area contributed by atoms with Crippen molar-refractivity contribution in [2.75, 3.05) is 19.7 Å². The fourth-order valence-corrected chi connectivity index (χ4v) is 1.12. The van der Waals surface area contributed by atoms with Gasteiger partial charge in [-0.15, -0.1) is 0 Å². The molecule has 1 rings (SSSR count). The second-order valence-corrected chi connectivity index (χ2v) is 2.61. The number of aliphatic hydroxyl groups is 2. The van der Waals surface area contributed by atoms with Gasteiger partial charge in [-0.3, -0.25) is 0 Å². The van der Waals surface area contributed by atoms with Gasteiger partial charge in [0.25, 0.3) is 0 Å². The van der Waals surface area contributed by atoms with E-state index < -0.39 is 18.2 Å². The maximum Gasteiger partial charge on any atom is 0.133 e. The second kappa shape index (κ2) is 3.27. The maximum absolute atomic E-state index is 12.8. The number of piperidine rings is 1. The van der Waals surface area contributed by atoms with Gasteiger partial charge in [0, 0.05) is 25.6 Å². The van der Waals surface area contributed by atoms with Crippen molar-refractivity contribution in [2.45, 2.75) is 12.3 Å². The molecule has 3 unspecified atom stereocenters. The zero-order valence-electron chi connectivity index (χ0n) is 5.63. The third-order valence-corrected chi connectivity index (χ3v) is 1.81. The molecule has 10 heavy (non-hydrogen) atoms. The first-order chi connectivity index (χ1) is 4.75. The first-order valence-electron chi connectivity index (χ1n) is 3.39. The largest absolute Gasteiger partial charge is 0.396 e. The van der Waals surface area contributed by atoms with E-state index in [-0.39, 0.29) is 13.2 Å². The quantitative estimate of drug-likeness (QED) is 0.443. The maximum atomic E-state index is 12.8. The minimum atomic E-state index is -1.27. The molecule has 0 spiro atoms. The molecule has 0 amide bonds. The summed E-state index contributed by atoms with van der Waals surface area (Å²) >= 11 is 0. The summed E-state index contributed by atoms with van der Waals surface area (Å²) in [7, 11) is 0. The van der Waals surface area contributed by atoms with Gasteiger partial charge in [0.15, 0.2) is 0 Å². The van der Waals surface area contributed by atoms with E-state index in [0.717, 1.165) is 0 Å². The number of alkyl halides is 1. The van der Waals surface area contributed by atoms with Gasteiger partial charge in [0.1, 0.15) is 6.17 Å². The number of nitrogens with one attached hydrogen (secondary N) is 1. The van der Waals surface area contributed by atoms with Crippen LogP contribution in [-0.2, 0) is 0 Å². The predicted octanol–water partition coefficient (Wildman–Crippen LogP) is -1.10. The summed E-state index contributed by atoms with van der Waals surface area (Å²) in [6.07, 6.45) is -2.22. The topological polar surface area (TPSA) is 52.5 Å². The van der Waals surface area contributed by atoms with Crippen molar-refractivity contribution in [1.82, 2.24) is 5.32 Å². The van der Waals surface area contributed by atoms with Gasteiger partial charge >= 0.3 is 0 Å². The van der Waals surface area contributed by atoms with Crippen LogP contribution in [0.1, 0.15) is 0 Å². The van der Waals surface area contributed by atoms with Crippen LogP contribution >= 0.6 is 0 Å². The van der Waals surface area contributed by atoms with Crippen molar-refractivity contribution in [3.05, 3.63) is 0 Å². The lowest BCUT2D eigenvalue weighted by atomic mass is 9.96. The molecule has 60 valence electrons. The Bertz CT molecular complexity index is 112. The smallest absolute Gasteiger partial charge is 0.133 e. The normalized spacial score (nSPS) is 41.7. The van der Waals surface area contributed by atoms with Crippen LogP contribution in [0.15, 0.2) is 0 Å². The van der Waals surface area contributed by atoms with Gasteiger partial charge in [-0.2, -0.15) is 0 Å². The second-order valence-electron chi connectivity index (χ2n) is 2.61. The molecule has 3 atom stereocenters. The molecule has 1 heterocycles. The van der Waals surface area contributed by atoms with Crippen molar-refractivity contribution < 1.29 is 14.6 Å². The number of β-amino-alcohol motifs (C(OH)–C–C–N with tert-alkyl or cyclic N) is 1. The van der Waals surface area contributed by atoms with Gasteiger partial charge in [-0.1, -0.05) is 0 Å². The lowest BCUT2D eigenvalue weighted by Gasteiger charge is -2.29. The van der Waals surface area contributed by atoms with E-state index >= 15 is 0 Å². The number of aliphatic hydroxyl groups excluding tert-OH is 2. The van der Waals surface area contributed by atoms with E-state index in [1.54, 1.807) is 0 Å². The lowest BCUT2D eigenvalue weighted by molar-refractivity contribution is 0.000116. The Hall–Kier alpha value is -0.190. The van der Waals surface area contributed by atoms with Crippen LogP contribution in [0.5, 0.6) is 0 Å². The first-order valence-corrected chi connectivity index (χ1v) is 3.39. The summed E-state index contributed by atoms with van der Waals surface area (Å²) < 4.78 is 12.8.